The number of benzene rings is 4. The summed E-state index contributed by atoms with van der Waals surface area (Å²) < 4.78 is 1.09. The van der Waals surface area contributed by atoms with Crippen LogP contribution in [-0.2, 0) is 0 Å². The van der Waals surface area contributed by atoms with Crippen molar-refractivity contribution >= 4 is 21.6 Å². The van der Waals surface area contributed by atoms with E-state index in [1.807, 2.05) is 30.5 Å². The molecule has 2 aromatic heterocycles. The topological polar surface area (TPSA) is 46.0 Å². The van der Waals surface area contributed by atoms with Crippen LogP contribution >= 0.6 is 11.3 Å². The van der Waals surface area contributed by atoms with Gasteiger partial charge >= 0.3 is 0 Å². The number of para-hydroxylation sites is 2. The van der Waals surface area contributed by atoms with Gasteiger partial charge in [-0.25, -0.2) is 4.98 Å². The summed E-state index contributed by atoms with van der Waals surface area (Å²) in [4.78, 5) is 9.73. The van der Waals surface area contributed by atoms with Crippen LogP contribution in [0.4, 0.5) is 0 Å². The van der Waals surface area contributed by atoms with E-state index in [1.54, 1.807) is 17.4 Å². The van der Waals surface area contributed by atoms with Gasteiger partial charge in [0.25, 0.3) is 0 Å². The molecular formula is C32H24N2OS. The third-order valence-corrected chi connectivity index (χ3v) is 7.66. The van der Waals surface area contributed by atoms with Crippen LogP contribution in [0.2, 0.25) is 0 Å². The van der Waals surface area contributed by atoms with Crippen LogP contribution in [0.25, 0.3) is 43.2 Å². The molecule has 0 amide bonds. The number of hydrogen-bond donors (Lipinski definition) is 1. The van der Waals surface area contributed by atoms with Gasteiger partial charge in [-0.3, -0.25) is 4.98 Å². The van der Waals surface area contributed by atoms with Crippen molar-refractivity contribution in [2.24, 2.45) is 0 Å². The van der Waals surface area contributed by atoms with Gasteiger partial charge in [0.05, 0.1) is 21.5 Å². The van der Waals surface area contributed by atoms with Crippen LogP contribution in [0.15, 0.2) is 115 Å². The van der Waals surface area contributed by atoms with E-state index in [9.17, 15) is 5.11 Å². The number of aromatic hydroxyl groups is 1. The molecule has 0 saturated carbocycles. The molecule has 0 aliphatic heterocycles. The SMILES string of the molecule is CC(c1ccccc1)c1ccc(-c2cccc(-c3cccc4sc(-c5ccccc5O)nc34)c2)nc1. The first-order valence-corrected chi connectivity index (χ1v) is 12.8. The van der Waals surface area contributed by atoms with Gasteiger partial charge in [0, 0.05) is 23.2 Å². The molecule has 6 rings (SSSR count). The summed E-state index contributed by atoms with van der Waals surface area (Å²) in [5.41, 5.74) is 8.36. The molecule has 1 N–H and O–H groups in total. The van der Waals surface area contributed by atoms with Crippen molar-refractivity contribution in [2.45, 2.75) is 12.8 Å². The Kier molecular flexibility index (Phi) is 5.80. The van der Waals surface area contributed by atoms with Gasteiger partial charge in [-0.05, 0) is 47.0 Å². The lowest BCUT2D eigenvalue weighted by Crippen LogP contribution is -1.97. The van der Waals surface area contributed by atoms with E-state index in [2.05, 4.69) is 85.8 Å². The van der Waals surface area contributed by atoms with Crippen LogP contribution in [0.3, 0.4) is 0 Å². The first-order valence-electron chi connectivity index (χ1n) is 12.0. The third-order valence-electron chi connectivity index (χ3n) is 6.61. The van der Waals surface area contributed by atoms with E-state index in [0.29, 0.717) is 5.92 Å². The fourth-order valence-electron chi connectivity index (χ4n) is 4.56. The standard InChI is InChI=1S/C32H24N2OS/c1-21(22-9-3-2-4-10-22)25-17-18-28(33-20-25)24-12-7-11-23(19-24)26-14-8-16-30-31(26)34-32(36-30)27-13-5-6-15-29(27)35/h2-21,35H,1H3. The van der Waals surface area contributed by atoms with Crippen LogP contribution in [0.1, 0.15) is 24.0 Å². The molecule has 36 heavy (non-hydrogen) atoms. The molecule has 4 aromatic carbocycles. The fraction of sp³-hybridized carbons (Fsp3) is 0.0625. The van der Waals surface area contributed by atoms with Crippen molar-refractivity contribution in [3.05, 3.63) is 127 Å². The Morgan fingerprint density at radius 1 is 0.694 bits per heavy atom. The van der Waals surface area contributed by atoms with Crippen molar-refractivity contribution in [3.8, 4) is 38.7 Å². The predicted octanol–water partition coefficient (Wildman–Crippen LogP) is 8.55. The average Bonchev–Trinajstić information content (AvgIpc) is 3.38. The average molecular weight is 485 g/mol. The van der Waals surface area contributed by atoms with Gasteiger partial charge in [0.2, 0.25) is 0 Å². The number of phenolic OH excluding ortho intramolecular Hbond substituents is 1. The number of aromatic nitrogens is 2. The van der Waals surface area contributed by atoms with Gasteiger partial charge in [-0.15, -0.1) is 11.3 Å². The molecule has 0 spiro atoms. The Morgan fingerprint density at radius 3 is 2.25 bits per heavy atom. The van der Waals surface area contributed by atoms with Crippen LogP contribution in [0, 0.1) is 0 Å². The highest BCUT2D eigenvalue weighted by molar-refractivity contribution is 7.21. The highest BCUT2D eigenvalue weighted by Gasteiger charge is 2.14. The number of nitrogens with zero attached hydrogens (tertiary/aromatic N) is 2. The maximum atomic E-state index is 10.3. The molecular weight excluding hydrogens is 460 g/mol. The van der Waals surface area contributed by atoms with E-state index in [4.69, 9.17) is 9.97 Å². The Bertz CT molecular complexity index is 1660. The van der Waals surface area contributed by atoms with Gasteiger partial charge in [-0.1, -0.05) is 85.8 Å². The van der Waals surface area contributed by atoms with Gasteiger partial charge < -0.3 is 5.11 Å². The first kappa shape index (κ1) is 22.2. The Hall–Kier alpha value is -4.28. The second-order valence-electron chi connectivity index (χ2n) is 8.88. The van der Waals surface area contributed by atoms with E-state index in [0.717, 1.165) is 43.2 Å². The minimum Gasteiger partial charge on any atom is -0.507 e. The van der Waals surface area contributed by atoms with Crippen LogP contribution in [-0.4, -0.2) is 15.1 Å². The maximum absolute atomic E-state index is 10.3. The number of phenols is 1. The zero-order valence-corrected chi connectivity index (χ0v) is 20.6. The number of thiazole rings is 1. The summed E-state index contributed by atoms with van der Waals surface area (Å²) in [5, 5.41) is 11.1. The van der Waals surface area contributed by atoms with Gasteiger partial charge in [0.15, 0.2) is 0 Å². The van der Waals surface area contributed by atoms with Crippen LogP contribution < -0.4 is 0 Å². The minimum atomic E-state index is 0.246. The molecule has 6 aromatic rings. The first-order chi connectivity index (χ1) is 17.7. The van der Waals surface area contributed by atoms with E-state index in [-0.39, 0.29) is 5.75 Å². The monoisotopic (exact) mass is 484 g/mol. The Labute approximate surface area is 214 Å². The zero-order valence-electron chi connectivity index (χ0n) is 19.8. The minimum absolute atomic E-state index is 0.246. The molecule has 0 bridgehead atoms. The second kappa shape index (κ2) is 9.40. The molecule has 3 nitrogen and oxygen atoms in total. The molecule has 0 aliphatic rings. The molecule has 2 heterocycles. The third kappa shape index (κ3) is 4.16. The normalized spacial score (nSPS) is 12.0. The number of rotatable bonds is 5. The van der Waals surface area contributed by atoms with E-state index in [1.165, 1.54) is 11.1 Å². The van der Waals surface area contributed by atoms with Gasteiger partial charge in [0.1, 0.15) is 10.8 Å². The highest BCUT2D eigenvalue weighted by Crippen LogP contribution is 2.39. The second-order valence-corrected chi connectivity index (χ2v) is 9.91. The van der Waals surface area contributed by atoms with E-state index >= 15 is 0 Å². The lowest BCUT2D eigenvalue weighted by atomic mass is 9.94. The number of fused-ring (bicyclic) bond motifs is 1. The van der Waals surface area contributed by atoms with Crippen molar-refractivity contribution in [1.82, 2.24) is 9.97 Å². The molecule has 0 fully saturated rings. The van der Waals surface area contributed by atoms with Crippen molar-refractivity contribution in [1.29, 1.82) is 0 Å². The Morgan fingerprint density at radius 2 is 1.44 bits per heavy atom. The maximum Gasteiger partial charge on any atom is 0.128 e. The Balaban J connectivity index is 1.34. The van der Waals surface area contributed by atoms with Crippen molar-refractivity contribution in [3.63, 3.8) is 0 Å². The van der Waals surface area contributed by atoms with Crippen molar-refractivity contribution < 1.29 is 5.11 Å². The predicted molar refractivity (Wildman–Crippen MR) is 149 cm³/mol. The summed E-state index contributed by atoms with van der Waals surface area (Å²) in [6.45, 7) is 2.21. The molecule has 1 atom stereocenters. The number of hydrogen-bond acceptors (Lipinski definition) is 4. The zero-order chi connectivity index (χ0) is 24.5. The lowest BCUT2D eigenvalue weighted by Gasteiger charge is -2.13. The smallest absolute Gasteiger partial charge is 0.128 e. The molecule has 1 unspecified atom stereocenters. The van der Waals surface area contributed by atoms with E-state index < -0.39 is 0 Å². The summed E-state index contributed by atoms with van der Waals surface area (Å²) in [6, 6.07) is 36.9. The van der Waals surface area contributed by atoms with Crippen molar-refractivity contribution in [2.75, 3.05) is 0 Å². The molecule has 0 radical (unpaired) electrons. The summed E-state index contributed by atoms with van der Waals surface area (Å²) in [5.74, 6) is 0.538. The molecule has 0 aliphatic carbocycles. The molecule has 0 saturated heterocycles. The lowest BCUT2D eigenvalue weighted by molar-refractivity contribution is 0.477. The van der Waals surface area contributed by atoms with Gasteiger partial charge in [-0.2, -0.15) is 0 Å². The quantitative estimate of drug-likeness (QED) is 0.267. The molecule has 4 heteroatoms. The largest absolute Gasteiger partial charge is 0.507 e. The summed E-state index contributed by atoms with van der Waals surface area (Å²) >= 11 is 1.59. The summed E-state index contributed by atoms with van der Waals surface area (Å²) in [7, 11) is 0. The highest BCUT2D eigenvalue weighted by atomic mass is 32.1. The fourth-order valence-corrected chi connectivity index (χ4v) is 5.59. The number of pyridine rings is 1. The molecule has 174 valence electrons. The summed E-state index contributed by atoms with van der Waals surface area (Å²) in [6.07, 6.45) is 1.99. The van der Waals surface area contributed by atoms with Crippen LogP contribution in [0.5, 0.6) is 5.75 Å².